The van der Waals surface area contributed by atoms with Crippen LogP contribution < -0.4 is 14.8 Å². The lowest BCUT2D eigenvalue weighted by molar-refractivity contribution is 0.102. The van der Waals surface area contributed by atoms with Crippen LogP contribution in [0.25, 0.3) is 0 Å². The number of nitrogens with one attached hydrogen (secondary N) is 1. The molecule has 1 aliphatic heterocycles. The molecule has 0 fully saturated rings. The maximum absolute atomic E-state index is 12.5. The SMILES string of the molecule is N#Cc1ccc(Cc2cnc(NC(=O)c3cc(Cl)c4c(c3)OCO4)s2)cc1. The number of halogens is 1. The van der Waals surface area contributed by atoms with Gasteiger partial charge >= 0.3 is 0 Å². The fraction of sp³-hybridized carbons (Fsp3) is 0.105. The van der Waals surface area contributed by atoms with Gasteiger partial charge in [-0.05, 0) is 29.8 Å². The minimum Gasteiger partial charge on any atom is -0.454 e. The Kier molecular flexibility index (Phi) is 4.67. The predicted molar refractivity (Wildman–Crippen MR) is 102 cm³/mol. The molecule has 6 nitrogen and oxygen atoms in total. The van der Waals surface area contributed by atoms with Gasteiger partial charge in [-0.1, -0.05) is 23.7 Å². The third kappa shape index (κ3) is 3.72. The van der Waals surface area contributed by atoms with Crippen molar-refractivity contribution >= 4 is 34.0 Å². The molecular weight excluding hydrogens is 386 g/mol. The number of thiazole rings is 1. The molecule has 0 unspecified atom stereocenters. The Hall–Kier alpha value is -3.08. The summed E-state index contributed by atoms with van der Waals surface area (Å²) >= 11 is 7.51. The summed E-state index contributed by atoms with van der Waals surface area (Å²) in [5, 5.41) is 12.4. The zero-order chi connectivity index (χ0) is 18.8. The van der Waals surface area contributed by atoms with E-state index in [0.29, 0.717) is 39.2 Å². The van der Waals surface area contributed by atoms with Crippen molar-refractivity contribution in [1.29, 1.82) is 5.26 Å². The van der Waals surface area contributed by atoms with Crippen molar-refractivity contribution in [2.75, 3.05) is 12.1 Å². The minimum atomic E-state index is -0.325. The zero-order valence-electron chi connectivity index (χ0n) is 13.9. The standard InChI is InChI=1S/C19H12ClN3O3S/c20-15-6-13(7-16-17(15)26-10-25-16)18(24)23-19-22-9-14(27-19)5-11-1-3-12(8-21)4-2-11/h1-4,6-7,9H,5,10H2,(H,22,23,24). The van der Waals surface area contributed by atoms with Crippen molar-refractivity contribution in [2.24, 2.45) is 0 Å². The number of hydrogen-bond acceptors (Lipinski definition) is 6. The molecule has 1 N–H and O–H groups in total. The summed E-state index contributed by atoms with van der Waals surface area (Å²) in [4.78, 5) is 17.7. The number of hydrogen-bond donors (Lipinski definition) is 1. The lowest BCUT2D eigenvalue weighted by Crippen LogP contribution is -2.11. The molecule has 2 heterocycles. The molecule has 0 bridgehead atoms. The van der Waals surface area contributed by atoms with E-state index in [-0.39, 0.29) is 12.7 Å². The number of carbonyl (C=O) groups is 1. The first kappa shape index (κ1) is 17.3. The number of ether oxygens (including phenoxy) is 2. The third-order valence-electron chi connectivity index (χ3n) is 3.92. The van der Waals surface area contributed by atoms with Crippen LogP contribution in [0.5, 0.6) is 11.5 Å². The number of aromatic nitrogens is 1. The van der Waals surface area contributed by atoms with Crippen LogP contribution in [-0.2, 0) is 6.42 Å². The quantitative estimate of drug-likeness (QED) is 0.711. The normalized spacial score (nSPS) is 11.9. The van der Waals surface area contributed by atoms with Gasteiger partial charge in [0, 0.05) is 23.1 Å². The first-order valence-corrected chi connectivity index (χ1v) is 9.16. The molecular formula is C19H12ClN3O3S. The van der Waals surface area contributed by atoms with Crippen molar-refractivity contribution in [3.05, 3.63) is 69.2 Å². The van der Waals surface area contributed by atoms with E-state index < -0.39 is 0 Å². The topological polar surface area (TPSA) is 84.2 Å². The summed E-state index contributed by atoms with van der Waals surface area (Å²) in [6, 6.07) is 12.6. The number of amides is 1. The maximum Gasteiger partial charge on any atom is 0.257 e. The molecule has 3 aromatic rings. The molecule has 1 aliphatic rings. The van der Waals surface area contributed by atoms with Crippen molar-refractivity contribution < 1.29 is 14.3 Å². The molecule has 134 valence electrons. The van der Waals surface area contributed by atoms with Gasteiger partial charge in [-0.15, -0.1) is 11.3 Å². The van der Waals surface area contributed by atoms with Gasteiger partial charge in [0.05, 0.1) is 16.7 Å². The van der Waals surface area contributed by atoms with Crippen molar-refractivity contribution in [3.8, 4) is 17.6 Å². The molecule has 0 spiro atoms. The Morgan fingerprint density at radius 2 is 2.11 bits per heavy atom. The van der Waals surface area contributed by atoms with E-state index >= 15 is 0 Å². The van der Waals surface area contributed by atoms with Crippen molar-refractivity contribution in [3.63, 3.8) is 0 Å². The van der Waals surface area contributed by atoms with Crippen LogP contribution in [0.3, 0.4) is 0 Å². The van der Waals surface area contributed by atoms with E-state index in [9.17, 15) is 4.79 Å². The van der Waals surface area contributed by atoms with E-state index in [4.69, 9.17) is 26.3 Å². The Balaban J connectivity index is 1.45. The second-order valence-corrected chi connectivity index (χ2v) is 7.29. The van der Waals surface area contributed by atoms with Gasteiger partial charge in [0.25, 0.3) is 5.91 Å². The van der Waals surface area contributed by atoms with Gasteiger partial charge in [0.2, 0.25) is 6.79 Å². The van der Waals surface area contributed by atoms with E-state index in [1.54, 1.807) is 24.4 Å². The summed E-state index contributed by atoms with van der Waals surface area (Å²) in [5.41, 5.74) is 2.06. The molecule has 4 rings (SSSR count). The average molecular weight is 398 g/mol. The van der Waals surface area contributed by atoms with Gasteiger partial charge in [-0.3, -0.25) is 10.1 Å². The Morgan fingerprint density at radius 3 is 2.89 bits per heavy atom. The second-order valence-electron chi connectivity index (χ2n) is 5.76. The van der Waals surface area contributed by atoms with Crippen LogP contribution in [0.4, 0.5) is 5.13 Å². The van der Waals surface area contributed by atoms with Crippen LogP contribution in [0.2, 0.25) is 5.02 Å². The first-order valence-electron chi connectivity index (χ1n) is 7.96. The summed E-state index contributed by atoms with van der Waals surface area (Å²) < 4.78 is 10.5. The summed E-state index contributed by atoms with van der Waals surface area (Å²) in [7, 11) is 0. The van der Waals surface area contributed by atoms with Crippen molar-refractivity contribution in [2.45, 2.75) is 6.42 Å². The fourth-order valence-corrected chi connectivity index (χ4v) is 3.72. The van der Waals surface area contributed by atoms with Crippen LogP contribution in [0, 0.1) is 11.3 Å². The fourth-order valence-electron chi connectivity index (χ4n) is 2.61. The second kappa shape index (κ2) is 7.27. The number of fused-ring (bicyclic) bond motifs is 1. The Morgan fingerprint density at radius 1 is 1.30 bits per heavy atom. The molecule has 0 saturated heterocycles. The Labute approximate surface area is 163 Å². The molecule has 2 aromatic carbocycles. The van der Waals surface area contributed by atoms with Crippen LogP contribution in [0.1, 0.15) is 26.4 Å². The number of anilines is 1. The van der Waals surface area contributed by atoms with E-state index in [1.807, 2.05) is 12.1 Å². The number of nitrogens with zero attached hydrogens (tertiary/aromatic N) is 2. The number of benzene rings is 2. The van der Waals surface area contributed by atoms with Gasteiger partial charge in [0.1, 0.15) is 0 Å². The number of rotatable bonds is 4. The first-order chi connectivity index (χ1) is 13.1. The monoisotopic (exact) mass is 397 g/mol. The highest BCUT2D eigenvalue weighted by Crippen LogP contribution is 2.40. The van der Waals surface area contributed by atoms with Gasteiger partial charge in [0.15, 0.2) is 16.6 Å². The van der Waals surface area contributed by atoms with Gasteiger partial charge in [-0.2, -0.15) is 5.26 Å². The molecule has 27 heavy (non-hydrogen) atoms. The predicted octanol–water partition coefficient (Wildman–Crippen LogP) is 4.24. The molecule has 1 aromatic heterocycles. The van der Waals surface area contributed by atoms with Crippen molar-refractivity contribution in [1.82, 2.24) is 4.98 Å². The summed E-state index contributed by atoms with van der Waals surface area (Å²) in [6.45, 7) is 0.0886. The maximum atomic E-state index is 12.5. The van der Waals surface area contributed by atoms with E-state index in [1.165, 1.54) is 17.4 Å². The molecule has 1 amide bonds. The van der Waals surface area contributed by atoms with Gasteiger partial charge in [-0.25, -0.2) is 4.98 Å². The van der Waals surface area contributed by atoms with Crippen LogP contribution >= 0.6 is 22.9 Å². The average Bonchev–Trinajstić information content (AvgIpc) is 3.32. The highest BCUT2D eigenvalue weighted by atomic mass is 35.5. The highest BCUT2D eigenvalue weighted by Gasteiger charge is 2.21. The lowest BCUT2D eigenvalue weighted by Gasteiger charge is -2.05. The largest absolute Gasteiger partial charge is 0.454 e. The summed E-state index contributed by atoms with van der Waals surface area (Å²) in [6.07, 6.45) is 2.40. The molecule has 0 saturated carbocycles. The molecule has 0 radical (unpaired) electrons. The van der Waals surface area contributed by atoms with Crippen LogP contribution in [0.15, 0.2) is 42.6 Å². The van der Waals surface area contributed by atoms with E-state index in [0.717, 1.165) is 10.4 Å². The lowest BCUT2D eigenvalue weighted by atomic mass is 10.1. The van der Waals surface area contributed by atoms with E-state index in [2.05, 4.69) is 16.4 Å². The summed E-state index contributed by atoms with van der Waals surface area (Å²) in [5.74, 6) is 0.579. The molecule has 8 heteroatoms. The third-order valence-corrected chi connectivity index (χ3v) is 5.12. The zero-order valence-corrected chi connectivity index (χ0v) is 15.4. The molecule has 0 aliphatic carbocycles. The Bertz CT molecular complexity index is 1060. The molecule has 0 atom stereocenters. The highest BCUT2D eigenvalue weighted by molar-refractivity contribution is 7.15. The minimum absolute atomic E-state index is 0.0886. The number of carbonyl (C=O) groups excluding carboxylic acids is 1. The van der Waals surface area contributed by atoms with Gasteiger partial charge < -0.3 is 9.47 Å². The van der Waals surface area contributed by atoms with Crippen LogP contribution in [-0.4, -0.2) is 17.7 Å². The number of nitriles is 1. The smallest absolute Gasteiger partial charge is 0.257 e.